The molecule has 1 heterocycles. The van der Waals surface area contributed by atoms with Gasteiger partial charge in [0.25, 0.3) is 0 Å². The molecular weight excluding hydrogens is 264 g/mol. The summed E-state index contributed by atoms with van der Waals surface area (Å²) in [6.45, 7) is 4.64. The summed E-state index contributed by atoms with van der Waals surface area (Å²) >= 11 is 6.10. The minimum atomic E-state index is -0.718. The van der Waals surface area contributed by atoms with Crippen molar-refractivity contribution in [2.75, 3.05) is 6.61 Å². The van der Waals surface area contributed by atoms with Crippen LogP contribution in [0.5, 0.6) is 0 Å². The van der Waals surface area contributed by atoms with Crippen LogP contribution in [0.2, 0.25) is 5.02 Å². The van der Waals surface area contributed by atoms with Crippen molar-refractivity contribution in [2.24, 2.45) is 13.0 Å². The maximum absolute atomic E-state index is 12.9. The first-order valence-corrected chi connectivity index (χ1v) is 7.24. The summed E-state index contributed by atoms with van der Waals surface area (Å²) in [6.07, 6.45) is 5.22. The third-order valence-electron chi connectivity index (χ3n) is 3.90. The number of carbonyl (C=O) groups is 1. The number of ether oxygens (including phenoxy) is 1. The fraction of sp³-hybridized carbons (Fsp3) is 0.714. The number of rotatable bonds is 4. The Bertz CT molecular complexity index is 449. The second-order valence-corrected chi connectivity index (χ2v) is 5.83. The van der Waals surface area contributed by atoms with E-state index in [1.165, 1.54) is 6.20 Å². The molecule has 19 heavy (non-hydrogen) atoms. The molecule has 106 valence electrons. The third kappa shape index (κ3) is 2.70. The number of ketones is 1. The molecule has 0 amide bonds. The van der Waals surface area contributed by atoms with E-state index in [4.69, 9.17) is 16.3 Å². The standard InChI is InChI=1S/C14H21ClN2O2/c1-4-19-14(7-5-6-10(2)8-14)13(18)12-11(15)9-16-17(12)3/h9-10H,4-8H2,1-3H3. The van der Waals surface area contributed by atoms with Crippen molar-refractivity contribution >= 4 is 17.4 Å². The second kappa shape index (κ2) is 5.63. The predicted molar refractivity (Wildman–Crippen MR) is 74.5 cm³/mol. The summed E-state index contributed by atoms with van der Waals surface area (Å²) in [4.78, 5) is 12.9. The Morgan fingerprint density at radius 2 is 2.42 bits per heavy atom. The molecule has 1 aromatic rings. The number of carbonyl (C=O) groups excluding carboxylic acids is 1. The molecule has 0 bridgehead atoms. The van der Waals surface area contributed by atoms with Gasteiger partial charge in [0.2, 0.25) is 5.78 Å². The molecule has 2 unspecified atom stereocenters. The van der Waals surface area contributed by atoms with Crippen LogP contribution in [-0.2, 0) is 11.8 Å². The minimum absolute atomic E-state index is 0.0223. The predicted octanol–water partition coefficient (Wildman–Crippen LogP) is 3.24. The van der Waals surface area contributed by atoms with Gasteiger partial charge < -0.3 is 4.74 Å². The summed E-state index contributed by atoms with van der Waals surface area (Å²) in [7, 11) is 1.74. The van der Waals surface area contributed by atoms with Gasteiger partial charge in [-0.3, -0.25) is 9.48 Å². The van der Waals surface area contributed by atoms with Crippen LogP contribution in [0.25, 0.3) is 0 Å². The van der Waals surface area contributed by atoms with E-state index < -0.39 is 5.60 Å². The normalized spacial score (nSPS) is 27.5. The molecule has 2 atom stereocenters. The Morgan fingerprint density at radius 1 is 1.68 bits per heavy atom. The van der Waals surface area contributed by atoms with Gasteiger partial charge in [-0.15, -0.1) is 0 Å². The maximum atomic E-state index is 12.9. The minimum Gasteiger partial charge on any atom is -0.367 e. The van der Waals surface area contributed by atoms with E-state index in [0.29, 0.717) is 23.2 Å². The lowest BCUT2D eigenvalue weighted by molar-refractivity contribution is -0.0516. The molecule has 0 N–H and O–H groups in total. The Hall–Kier alpha value is -0.870. The van der Waals surface area contributed by atoms with E-state index in [9.17, 15) is 4.79 Å². The average Bonchev–Trinajstić information content (AvgIpc) is 2.68. The van der Waals surface area contributed by atoms with Gasteiger partial charge in [0.15, 0.2) is 0 Å². The first-order chi connectivity index (χ1) is 9.00. The molecule has 0 aliphatic heterocycles. The van der Waals surface area contributed by atoms with E-state index >= 15 is 0 Å². The van der Waals surface area contributed by atoms with Gasteiger partial charge in [0.05, 0.1) is 11.2 Å². The van der Waals surface area contributed by atoms with Gasteiger partial charge in [-0.05, 0) is 32.1 Å². The molecule has 1 aliphatic carbocycles. The largest absolute Gasteiger partial charge is 0.367 e. The second-order valence-electron chi connectivity index (χ2n) is 5.42. The summed E-state index contributed by atoms with van der Waals surface area (Å²) in [6, 6.07) is 0. The van der Waals surface area contributed by atoms with Crippen molar-refractivity contribution in [1.29, 1.82) is 0 Å². The Labute approximate surface area is 119 Å². The van der Waals surface area contributed by atoms with Gasteiger partial charge in [-0.1, -0.05) is 24.9 Å². The van der Waals surface area contributed by atoms with E-state index in [2.05, 4.69) is 12.0 Å². The fourth-order valence-corrected chi connectivity index (χ4v) is 3.32. The van der Waals surface area contributed by atoms with Crippen molar-refractivity contribution in [2.45, 2.75) is 45.1 Å². The number of aromatic nitrogens is 2. The summed E-state index contributed by atoms with van der Waals surface area (Å²) in [5.41, 5.74) is -0.256. The van der Waals surface area contributed by atoms with E-state index in [1.807, 2.05) is 6.92 Å². The number of hydrogen-bond acceptors (Lipinski definition) is 3. The van der Waals surface area contributed by atoms with Crippen molar-refractivity contribution in [1.82, 2.24) is 9.78 Å². The average molecular weight is 285 g/mol. The van der Waals surface area contributed by atoms with Crippen LogP contribution in [0, 0.1) is 5.92 Å². The molecule has 1 aromatic heterocycles. The SMILES string of the molecule is CCOC1(C(=O)c2c(Cl)cnn2C)CCCC(C)C1. The number of halogens is 1. The van der Waals surface area contributed by atoms with E-state index in [1.54, 1.807) is 11.7 Å². The third-order valence-corrected chi connectivity index (χ3v) is 4.18. The highest BCUT2D eigenvalue weighted by atomic mass is 35.5. The zero-order valence-electron chi connectivity index (χ0n) is 11.8. The van der Waals surface area contributed by atoms with E-state index in [-0.39, 0.29) is 5.78 Å². The number of aryl methyl sites for hydroxylation is 1. The van der Waals surface area contributed by atoms with Gasteiger partial charge in [0.1, 0.15) is 11.3 Å². The van der Waals surface area contributed by atoms with Crippen LogP contribution in [0.15, 0.2) is 6.20 Å². The van der Waals surface area contributed by atoms with Crippen molar-refractivity contribution in [3.05, 3.63) is 16.9 Å². The molecular formula is C14H21ClN2O2. The Balaban J connectivity index is 2.36. The van der Waals surface area contributed by atoms with Crippen LogP contribution in [0.1, 0.15) is 50.0 Å². The first kappa shape index (κ1) is 14.5. The maximum Gasteiger partial charge on any atom is 0.214 e. The summed E-state index contributed by atoms with van der Waals surface area (Å²) < 4.78 is 7.43. The molecule has 1 saturated carbocycles. The zero-order valence-corrected chi connectivity index (χ0v) is 12.5. The van der Waals surface area contributed by atoms with Crippen LogP contribution in [0.4, 0.5) is 0 Å². The van der Waals surface area contributed by atoms with E-state index in [0.717, 1.165) is 25.7 Å². The van der Waals surface area contributed by atoms with Gasteiger partial charge in [-0.25, -0.2) is 0 Å². The lowest BCUT2D eigenvalue weighted by Crippen LogP contribution is -2.46. The number of nitrogens with zero attached hydrogens (tertiary/aromatic N) is 2. The van der Waals surface area contributed by atoms with Crippen molar-refractivity contribution in [3.8, 4) is 0 Å². The molecule has 0 radical (unpaired) electrons. The fourth-order valence-electron chi connectivity index (χ4n) is 3.06. The number of Topliss-reactive ketones (excluding diaryl/α,β-unsaturated/α-hetero) is 1. The lowest BCUT2D eigenvalue weighted by Gasteiger charge is -2.38. The van der Waals surface area contributed by atoms with Gasteiger partial charge in [0, 0.05) is 13.7 Å². The lowest BCUT2D eigenvalue weighted by atomic mass is 9.75. The monoisotopic (exact) mass is 284 g/mol. The highest BCUT2D eigenvalue weighted by Crippen LogP contribution is 2.38. The molecule has 2 rings (SSSR count). The van der Waals surface area contributed by atoms with Crippen molar-refractivity contribution in [3.63, 3.8) is 0 Å². The molecule has 5 heteroatoms. The molecule has 0 aromatic carbocycles. The van der Waals surface area contributed by atoms with Crippen LogP contribution >= 0.6 is 11.6 Å². The molecule has 4 nitrogen and oxygen atoms in total. The topological polar surface area (TPSA) is 44.1 Å². The zero-order chi connectivity index (χ0) is 14.0. The van der Waals surface area contributed by atoms with Crippen molar-refractivity contribution < 1.29 is 9.53 Å². The van der Waals surface area contributed by atoms with Gasteiger partial charge >= 0.3 is 0 Å². The summed E-state index contributed by atoms with van der Waals surface area (Å²) in [5, 5.41) is 4.46. The van der Waals surface area contributed by atoms with Gasteiger partial charge in [-0.2, -0.15) is 5.10 Å². The van der Waals surface area contributed by atoms with Crippen LogP contribution < -0.4 is 0 Å². The Kier molecular flexibility index (Phi) is 4.31. The van der Waals surface area contributed by atoms with Crippen LogP contribution in [-0.4, -0.2) is 27.8 Å². The first-order valence-electron chi connectivity index (χ1n) is 6.86. The molecule has 0 saturated heterocycles. The molecule has 1 aliphatic rings. The Morgan fingerprint density at radius 3 is 2.95 bits per heavy atom. The highest BCUT2D eigenvalue weighted by Gasteiger charge is 2.44. The molecule has 0 spiro atoms. The summed E-state index contributed by atoms with van der Waals surface area (Å²) in [5.74, 6) is 0.474. The molecule has 1 fully saturated rings. The number of hydrogen-bond donors (Lipinski definition) is 0. The smallest absolute Gasteiger partial charge is 0.214 e. The van der Waals surface area contributed by atoms with Crippen LogP contribution in [0.3, 0.4) is 0 Å². The highest BCUT2D eigenvalue weighted by molar-refractivity contribution is 6.34. The quantitative estimate of drug-likeness (QED) is 0.797.